The number of ether oxygens (including phenoxy) is 1. The molecule has 0 aliphatic rings. The summed E-state index contributed by atoms with van der Waals surface area (Å²) in [4.78, 5) is 20.7. The number of methoxy groups -OCH3 is 1. The van der Waals surface area contributed by atoms with E-state index in [4.69, 9.17) is 4.74 Å². The van der Waals surface area contributed by atoms with E-state index in [0.29, 0.717) is 39.3 Å². The Morgan fingerprint density at radius 1 is 1.32 bits per heavy atom. The molecule has 0 aliphatic carbocycles. The third-order valence-electron chi connectivity index (χ3n) is 4.27. The van der Waals surface area contributed by atoms with Crippen LogP contribution in [0.15, 0.2) is 11.3 Å². The van der Waals surface area contributed by atoms with Crippen molar-refractivity contribution in [1.82, 2.24) is 29.9 Å². The van der Waals surface area contributed by atoms with Gasteiger partial charge in [-0.2, -0.15) is 0 Å². The molecule has 1 aromatic rings. The fourth-order valence-electron chi connectivity index (χ4n) is 2.69. The van der Waals surface area contributed by atoms with Gasteiger partial charge in [-0.25, -0.2) is 0 Å². The van der Waals surface area contributed by atoms with E-state index in [2.05, 4.69) is 27.4 Å². The van der Waals surface area contributed by atoms with Crippen molar-refractivity contribution in [1.29, 1.82) is 0 Å². The Kier molecular flexibility index (Phi) is 14.7. The molecule has 0 atom stereocenters. The summed E-state index contributed by atoms with van der Waals surface area (Å²) in [5, 5.41) is 11.4. The molecule has 9 nitrogen and oxygen atoms in total. The predicted octanol–water partition coefficient (Wildman–Crippen LogP) is 1.24. The smallest absolute Gasteiger partial charge is 0.242 e. The highest BCUT2D eigenvalue weighted by Gasteiger charge is 2.15. The lowest BCUT2D eigenvalue weighted by molar-refractivity contribution is -0.131. The van der Waals surface area contributed by atoms with Crippen LogP contribution in [0, 0.1) is 0 Å². The molecular formula is C18H36IN7O2. The Hall–Kier alpha value is -1.43. The molecule has 1 rings (SSSR count). The van der Waals surface area contributed by atoms with E-state index in [1.807, 2.05) is 35.3 Å². The lowest BCUT2D eigenvalue weighted by Crippen LogP contribution is -2.46. The van der Waals surface area contributed by atoms with Gasteiger partial charge in [0.15, 0.2) is 5.96 Å². The molecule has 0 bridgehead atoms. The minimum atomic E-state index is 0. The normalized spacial score (nSPS) is 11.1. The molecule has 28 heavy (non-hydrogen) atoms. The first-order valence-electron chi connectivity index (χ1n) is 9.70. The maximum absolute atomic E-state index is 12.4. The zero-order chi connectivity index (χ0) is 20.1. The summed E-state index contributed by atoms with van der Waals surface area (Å²) >= 11 is 0. The third kappa shape index (κ3) is 9.18. The Bertz CT molecular complexity index is 576. The molecule has 162 valence electrons. The topological polar surface area (TPSA) is 87.9 Å². The number of aryl methyl sites for hydroxylation is 1. The molecule has 1 amide bonds. The van der Waals surface area contributed by atoms with E-state index in [9.17, 15) is 4.79 Å². The van der Waals surface area contributed by atoms with E-state index >= 15 is 0 Å². The first-order chi connectivity index (χ1) is 13.1. The van der Waals surface area contributed by atoms with Crippen LogP contribution in [0.4, 0.5) is 0 Å². The van der Waals surface area contributed by atoms with Crippen molar-refractivity contribution in [3.63, 3.8) is 0 Å². The van der Waals surface area contributed by atoms with Gasteiger partial charge in [0.2, 0.25) is 5.91 Å². The highest BCUT2D eigenvalue weighted by Crippen LogP contribution is 1.97. The molecule has 0 fully saturated rings. The van der Waals surface area contributed by atoms with Crippen LogP contribution < -0.4 is 5.32 Å². The summed E-state index contributed by atoms with van der Waals surface area (Å²) in [6.45, 7) is 10.5. The Balaban J connectivity index is 0.00000729. The van der Waals surface area contributed by atoms with Crippen molar-refractivity contribution in [3.05, 3.63) is 12.2 Å². The summed E-state index contributed by atoms with van der Waals surface area (Å²) in [5.41, 5.74) is 0. The SMILES string of the molecule is CCc1nncn1CCNC(=NCCCOC)N(C)CC(=O)N(CC)CC.I. The number of rotatable bonds is 12. The van der Waals surface area contributed by atoms with Crippen molar-refractivity contribution in [2.45, 2.75) is 40.2 Å². The number of guanidine groups is 1. The Morgan fingerprint density at radius 2 is 2.04 bits per heavy atom. The number of hydrogen-bond acceptors (Lipinski definition) is 5. The fourth-order valence-corrected chi connectivity index (χ4v) is 2.69. The van der Waals surface area contributed by atoms with Crippen molar-refractivity contribution >= 4 is 35.8 Å². The molecule has 1 N–H and O–H groups in total. The third-order valence-corrected chi connectivity index (χ3v) is 4.27. The van der Waals surface area contributed by atoms with Gasteiger partial charge >= 0.3 is 0 Å². The van der Waals surface area contributed by atoms with Crippen LogP contribution >= 0.6 is 24.0 Å². The monoisotopic (exact) mass is 509 g/mol. The maximum Gasteiger partial charge on any atom is 0.242 e. The molecule has 0 saturated carbocycles. The number of nitrogens with zero attached hydrogens (tertiary/aromatic N) is 6. The van der Waals surface area contributed by atoms with E-state index in [1.165, 1.54) is 0 Å². The second-order valence-corrected chi connectivity index (χ2v) is 6.19. The number of carbonyl (C=O) groups excluding carboxylic acids is 1. The van der Waals surface area contributed by atoms with Crippen LogP contribution in [0.2, 0.25) is 0 Å². The lowest BCUT2D eigenvalue weighted by atomic mass is 10.4. The average molecular weight is 509 g/mol. The Morgan fingerprint density at radius 3 is 2.64 bits per heavy atom. The number of likely N-dealkylation sites (N-methyl/N-ethyl adjacent to an activating group) is 2. The van der Waals surface area contributed by atoms with E-state index in [1.54, 1.807) is 13.4 Å². The Labute approximate surface area is 185 Å². The van der Waals surface area contributed by atoms with Crippen LogP contribution in [0.3, 0.4) is 0 Å². The number of amides is 1. The zero-order valence-corrected chi connectivity index (χ0v) is 20.2. The van der Waals surface area contributed by atoms with Crippen molar-refractivity contribution in [2.75, 3.05) is 53.5 Å². The number of nitrogens with one attached hydrogen (secondary N) is 1. The van der Waals surface area contributed by atoms with Gasteiger partial charge in [0.1, 0.15) is 12.2 Å². The summed E-state index contributed by atoms with van der Waals surface area (Å²) in [6.07, 6.45) is 3.42. The van der Waals surface area contributed by atoms with Crippen molar-refractivity contribution in [3.8, 4) is 0 Å². The van der Waals surface area contributed by atoms with Gasteiger partial charge in [0.05, 0.1) is 6.54 Å². The van der Waals surface area contributed by atoms with E-state index < -0.39 is 0 Å². The van der Waals surface area contributed by atoms with E-state index in [-0.39, 0.29) is 29.9 Å². The van der Waals surface area contributed by atoms with Gasteiger partial charge in [-0.3, -0.25) is 9.79 Å². The number of aliphatic imine (C=N–C) groups is 1. The average Bonchev–Trinajstić information content (AvgIpc) is 3.12. The largest absolute Gasteiger partial charge is 0.385 e. The second-order valence-electron chi connectivity index (χ2n) is 6.19. The molecule has 0 saturated heterocycles. The van der Waals surface area contributed by atoms with Gasteiger partial charge < -0.3 is 24.4 Å². The summed E-state index contributed by atoms with van der Waals surface area (Å²) in [7, 11) is 3.57. The van der Waals surface area contributed by atoms with Gasteiger partial charge in [-0.05, 0) is 20.3 Å². The molecule has 0 unspecified atom stereocenters. The van der Waals surface area contributed by atoms with Gasteiger partial charge in [-0.1, -0.05) is 6.92 Å². The summed E-state index contributed by atoms with van der Waals surface area (Å²) in [6, 6.07) is 0. The predicted molar refractivity (Wildman–Crippen MR) is 122 cm³/mol. The molecule has 0 aromatic carbocycles. The standard InChI is InChI=1S/C18H35N7O2.HI/c1-6-16-22-21-15-25(16)12-11-20-18(19-10-9-13-27-5)23(4)14-17(26)24(7-2)8-3;/h15H,6-14H2,1-5H3,(H,19,20);1H. The highest BCUT2D eigenvalue weighted by molar-refractivity contribution is 14.0. The molecular weight excluding hydrogens is 473 g/mol. The molecule has 0 spiro atoms. The van der Waals surface area contributed by atoms with Crippen LogP contribution in [-0.4, -0.2) is 89.9 Å². The second kappa shape index (κ2) is 15.5. The number of halogens is 1. The maximum atomic E-state index is 12.4. The minimum absolute atomic E-state index is 0. The number of aromatic nitrogens is 3. The number of carbonyl (C=O) groups is 1. The molecule has 1 aromatic heterocycles. The molecule has 0 aliphatic heterocycles. The molecule has 10 heteroatoms. The minimum Gasteiger partial charge on any atom is -0.385 e. The summed E-state index contributed by atoms with van der Waals surface area (Å²) in [5.74, 6) is 1.78. The van der Waals surface area contributed by atoms with Crippen molar-refractivity contribution in [2.24, 2.45) is 4.99 Å². The van der Waals surface area contributed by atoms with Crippen molar-refractivity contribution < 1.29 is 9.53 Å². The summed E-state index contributed by atoms with van der Waals surface area (Å²) < 4.78 is 7.11. The zero-order valence-electron chi connectivity index (χ0n) is 17.8. The number of hydrogen-bond donors (Lipinski definition) is 1. The van der Waals surface area contributed by atoms with Crippen LogP contribution in [0.1, 0.15) is 33.0 Å². The van der Waals surface area contributed by atoms with Crippen LogP contribution in [-0.2, 0) is 22.5 Å². The van der Waals surface area contributed by atoms with E-state index in [0.717, 1.165) is 31.2 Å². The van der Waals surface area contributed by atoms with Gasteiger partial charge in [0.25, 0.3) is 0 Å². The van der Waals surface area contributed by atoms with Gasteiger partial charge in [0, 0.05) is 59.9 Å². The quantitative estimate of drug-likeness (QED) is 0.198. The van der Waals surface area contributed by atoms with Crippen LogP contribution in [0.25, 0.3) is 0 Å². The fraction of sp³-hybridized carbons (Fsp3) is 0.778. The first kappa shape index (κ1) is 26.6. The molecule has 1 heterocycles. The molecule has 0 radical (unpaired) electrons. The van der Waals surface area contributed by atoms with Crippen LogP contribution in [0.5, 0.6) is 0 Å². The van der Waals surface area contributed by atoms with Gasteiger partial charge in [-0.15, -0.1) is 34.2 Å². The lowest BCUT2D eigenvalue weighted by Gasteiger charge is -2.26. The first-order valence-corrected chi connectivity index (χ1v) is 9.70. The highest BCUT2D eigenvalue weighted by atomic mass is 127.